The van der Waals surface area contributed by atoms with Gasteiger partial charge in [-0.1, -0.05) is 17.7 Å². The molecule has 0 aliphatic heterocycles. The molecule has 0 unspecified atom stereocenters. The predicted molar refractivity (Wildman–Crippen MR) is 49.2 cm³/mol. The maximum atomic E-state index is 12.9. The fourth-order valence-corrected chi connectivity index (χ4v) is 1.12. The second-order valence-corrected chi connectivity index (χ2v) is 3.37. The summed E-state index contributed by atoms with van der Waals surface area (Å²) in [5.41, 5.74) is 0.418. The van der Waals surface area contributed by atoms with Gasteiger partial charge in [0.25, 0.3) is 0 Å². The van der Waals surface area contributed by atoms with Gasteiger partial charge in [0.15, 0.2) is 0 Å². The predicted octanol–water partition coefficient (Wildman–Crippen LogP) is 3.13. The van der Waals surface area contributed by atoms with Crippen LogP contribution in [-0.2, 0) is 6.54 Å². The summed E-state index contributed by atoms with van der Waals surface area (Å²) >= 11 is 5.41. The number of hydrogen-bond acceptors (Lipinski definition) is 1. The third kappa shape index (κ3) is 4.48. The van der Waals surface area contributed by atoms with Gasteiger partial charge in [-0.2, -0.15) is 13.2 Å². The number of hydrogen-bond donors (Lipinski definition) is 1. The van der Waals surface area contributed by atoms with Crippen LogP contribution in [-0.4, -0.2) is 12.7 Å². The molecule has 1 nitrogen and oxygen atoms in total. The van der Waals surface area contributed by atoms with E-state index >= 15 is 0 Å². The molecule has 1 rings (SSSR count). The largest absolute Gasteiger partial charge is 0.401 e. The minimum absolute atomic E-state index is 0.0467. The van der Waals surface area contributed by atoms with Gasteiger partial charge < -0.3 is 5.32 Å². The van der Waals surface area contributed by atoms with E-state index in [-0.39, 0.29) is 11.6 Å². The number of rotatable bonds is 3. The molecule has 15 heavy (non-hydrogen) atoms. The number of nitrogens with one attached hydrogen (secondary N) is 1. The van der Waals surface area contributed by atoms with E-state index in [0.717, 1.165) is 6.07 Å². The van der Waals surface area contributed by atoms with Gasteiger partial charge in [0.1, 0.15) is 5.82 Å². The molecule has 1 aromatic rings. The molecule has 1 N–H and O–H groups in total. The van der Waals surface area contributed by atoms with E-state index in [1.807, 2.05) is 0 Å². The van der Waals surface area contributed by atoms with E-state index in [4.69, 9.17) is 11.6 Å². The van der Waals surface area contributed by atoms with Crippen molar-refractivity contribution in [2.75, 3.05) is 6.54 Å². The fourth-order valence-electron chi connectivity index (χ4n) is 0.998. The Morgan fingerprint density at radius 1 is 1.27 bits per heavy atom. The summed E-state index contributed by atoms with van der Waals surface area (Å²) in [5.74, 6) is -0.636. The van der Waals surface area contributed by atoms with Gasteiger partial charge in [-0.3, -0.25) is 0 Å². The minimum Gasteiger partial charge on any atom is -0.305 e. The van der Waals surface area contributed by atoms with Crippen LogP contribution in [0.15, 0.2) is 18.2 Å². The summed E-state index contributed by atoms with van der Waals surface area (Å²) in [6.07, 6.45) is -4.26. The molecule has 0 saturated heterocycles. The van der Waals surface area contributed by atoms with Crippen molar-refractivity contribution in [3.8, 4) is 0 Å². The van der Waals surface area contributed by atoms with Crippen molar-refractivity contribution < 1.29 is 17.6 Å². The van der Waals surface area contributed by atoms with Gasteiger partial charge in [-0.05, 0) is 17.7 Å². The van der Waals surface area contributed by atoms with Crippen molar-refractivity contribution in [2.45, 2.75) is 12.7 Å². The van der Waals surface area contributed by atoms with Crippen molar-refractivity contribution in [1.82, 2.24) is 5.32 Å². The molecule has 0 saturated carbocycles. The third-order valence-corrected chi connectivity index (χ3v) is 1.95. The number of halogens is 5. The van der Waals surface area contributed by atoms with E-state index in [2.05, 4.69) is 5.32 Å². The summed E-state index contributed by atoms with van der Waals surface area (Å²) in [7, 11) is 0. The Hall–Kier alpha value is -0.810. The zero-order valence-corrected chi connectivity index (χ0v) is 8.29. The van der Waals surface area contributed by atoms with Gasteiger partial charge in [0, 0.05) is 6.54 Å². The van der Waals surface area contributed by atoms with Crippen molar-refractivity contribution >= 4 is 11.6 Å². The average Bonchev–Trinajstić information content (AvgIpc) is 2.09. The highest BCUT2D eigenvalue weighted by atomic mass is 35.5. The molecule has 0 bridgehead atoms. The molecule has 0 atom stereocenters. The SMILES string of the molecule is Fc1cc(CNCC(F)(F)F)ccc1Cl. The average molecular weight is 242 g/mol. The van der Waals surface area contributed by atoms with E-state index in [9.17, 15) is 17.6 Å². The standard InChI is InChI=1S/C9H8ClF4N/c10-7-2-1-6(3-8(7)11)4-15-5-9(12,13)14/h1-3,15H,4-5H2. The summed E-state index contributed by atoms with van der Waals surface area (Å²) in [4.78, 5) is 0. The molecular weight excluding hydrogens is 234 g/mol. The lowest BCUT2D eigenvalue weighted by Crippen LogP contribution is -2.28. The molecule has 84 valence electrons. The van der Waals surface area contributed by atoms with Crippen LogP contribution in [0.1, 0.15) is 5.56 Å². The van der Waals surface area contributed by atoms with Crippen LogP contribution in [0.25, 0.3) is 0 Å². The quantitative estimate of drug-likeness (QED) is 0.802. The molecule has 0 amide bonds. The Balaban J connectivity index is 2.48. The first-order chi connectivity index (χ1) is 6.88. The molecule has 0 aliphatic rings. The topological polar surface area (TPSA) is 12.0 Å². The normalized spacial score (nSPS) is 11.8. The van der Waals surface area contributed by atoms with Crippen LogP contribution < -0.4 is 5.32 Å². The highest BCUT2D eigenvalue weighted by molar-refractivity contribution is 6.30. The van der Waals surface area contributed by atoms with Gasteiger partial charge >= 0.3 is 6.18 Å². The van der Waals surface area contributed by atoms with Gasteiger partial charge in [0.2, 0.25) is 0 Å². The first-order valence-corrected chi connectivity index (χ1v) is 4.48. The van der Waals surface area contributed by atoms with Crippen LogP contribution in [0, 0.1) is 5.82 Å². The molecular formula is C9H8ClF4N. The zero-order valence-electron chi connectivity index (χ0n) is 7.54. The van der Waals surface area contributed by atoms with Crippen molar-refractivity contribution in [2.24, 2.45) is 0 Å². The van der Waals surface area contributed by atoms with Gasteiger partial charge in [-0.15, -0.1) is 0 Å². The highest BCUT2D eigenvalue weighted by Crippen LogP contribution is 2.16. The summed E-state index contributed by atoms with van der Waals surface area (Å²) in [6, 6.07) is 3.88. The molecule has 0 heterocycles. The van der Waals surface area contributed by atoms with Crippen molar-refractivity contribution in [3.05, 3.63) is 34.6 Å². The van der Waals surface area contributed by atoms with Crippen LogP contribution >= 0.6 is 11.6 Å². The molecule has 0 radical (unpaired) electrons. The van der Waals surface area contributed by atoms with Crippen LogP contribution in [0.3, 0.4) is 0 Å². The van der Waals surface area contributed by atoms with Gasteiger partial charge in [0.05, 0.1) is 11.6 Å². The molecule has 0 aliphatic carbocycles. The summed E-state index contributed by atoms with van der Waals surface area (Å²) < 4.78 is 48.1. The first-order valence-electron chi connectivity index (χ1n) is 4.10. The van der Waals surface area contributed by atoms with Crippen LogP contribution in [0.5, 0.6) is 0 Å². The number of benzene rings is 1. The third-order valence-electron chi connectivity index (χ3n) is 1.64. The molecule has 0 fully saturated rings. The first kappa shape index (κ1) is 12.3. The van der Waals surface area contributed by atoms with Crippen LogP contribution in [0.4, 0.5) is 17.6 Å². The lowest BCUT2D eigenvalue weighted by molar-refractivity contribution is -0.125. The second kappa shape index (κ2) is 4.81. The molecule has 0 spiro atoms. The Morgan fingerprint density at radius 3 is 2.47 bits per heavy atom. The Labute approximate surface area is 89.0 Å². The van der Waals surface area contributed by atoms with E-state index in [1.54, 1.807) is 0 Å². The lowest BCUT2D eigenvalue weighted by Gasteiger charge is -2.08. The van der Waals surface area contributed by atoms with E-state index in [0.29, 0.717) is 5.56 Å². The van der Waals surface area contributed by atoms with Gasteiger partial charge in [-0.25, -0.2) is 4.39 Å². The molecule has 1 aromatic carbocycles. The Bertz CT molecular complexity index is 337. The van der Waals surface area contributed by atoms with Crippen LogP contribution in [0.2, 0.25) is 5.02 Å². The molecule has 6 heteroatoms. The lowest BCUT2D eigenvalue weighted by atomic mass is 10.2. The maximum Gasteiger partial charge on any atom is 0.401 e. The minimum atomic E-state index is -4.26. The smallest absolute Gasteiger partial charge is 0.305 e. The van der Waals surface area contributed by atoms with E-state index < -0.39 is 18.5 Å². The summed E-state index contributed by atoms with van der Waals surface area (Å²) in [6.45, 7) is -1.15. The Kier molecular flexibility index (Phi) is 3.93. The Morgan fingerprint density at radius 2 is 1.93 bits per heavy atom. The highest BCUT2D eigenvalue weighted by Gasteiger charge is 2.26. The number of alkyl halides is 3. The maximum absolute atomic E-state index is 12.9. The van der Waals surface area contributed by atoms with Crippen molar-refractivity contribution in [3.63, 3.8) is 0 Å². The summed E-state index contributed by atoms with van der Waals surface area (Å²) in [5, 5.41) is 2.11. The fraction of sp³-hybridized carbons (Fsp3) is 0.333. The van der Waals surface area contributed by atoms with Crippen molar-refractivity contribution in [1.29, 1.82) is 0 Å². The van der Waals surface area contributed by atoms with E-state index in [1.165, 1.54) is 12.1 Å². The monoisotopic (exact) mass is 241 g/mol. The second-order valence-electron chi connectivity index (χ2n) is 2.97. The molecule has 0 aromatic heterocycles. The zero-order chi connectivity index (χ0) is 11.5.